The number of thioether (sulfide) groups is 1. The van der Waals surface area contributed by atoms with E-state index in [1.807, 2.05) is 0 Å². The van der Waals surface area contributed by atoms with Crippen LogP contribution in [0.2, 0.25) is 0 Å². The Labute approximate surface area is 85.1 Å². The van der Waals surface area contributed by atoms with E-state index in [4.69, 9.17) is 5.73 Å². The van der Waals surface area contributed by atoms with Crippen molar-refractivity contribution in [3.63, 3.8) is 0 Å². The minimum absolute atomic E-state index is 0.137. The molecular weight excluding hydrogens is 239 g/mol. The van der Waals surface area contributed by atoms with Crippen LogP contribution in [0.4, 0.5) is 13.2 Å². The van der Waals surface area contributed by atoms with Gasteiger partial charge in [-0.2, -0.15) is 13.2 Å². The largest absolute Gasteiger partial charge is 0.441 e. The summed E-state index contributed by atoms with van der Waals surface area (Å²) >= 11 is -0.317. The number of rotatable bonds is 6. The molecule has 0 unspecified atom stereocenters. The molecule has 0 saturated heterocycles. The predicted octanol–water partition coefficient (Wildman–Crippen LogP) is 1.00. The van der Waals surface area contributed by atoms with Crippen molar-refractivity contribution in [1.29, 1.82) is 0 Å². The topological polar surface area (TPSA) is 60.2 Å². The third-order valence-electron chi connectivity index (χ3n) is 1.32. The van der Waals surface area contributed by atoms with Gasteiger partial charge >= 0.3 is 5.51 Å². The van der Waals surface area contributed by atoms with Gasteiger partial charge in [-0.1, -0.05) is 0 Å². The van der Waals surface area contributed by atoms with Gasteiger partial charge in [0.05, 0.1) is 11.5 Å². The monoisotopic (exact) mass is 251 g/mol. The Hall–Kier alpha value is 0.0500. The van der Waals surface area contributed by atoms with Gasteiger partial charge in [0.2, 0.25) is 0 Å². The van der Waals surface area contributed by atoms with Crippen molar-refractivity contribution in [3.8, 4) is 0 Å². The summed E-state index contributed by atoms with van der Waals surface area (Å²) < 4.78 is 57.0. The van der Waals surface area contributed by atoms with Crippen LogP contribution < -0.4 is 5.73 Å². The highest BCUT2D eigenvalue weighted by Gasteiger charge is 2.28. The van der Waals surface area contributed by atoms with Gasteiger partial charge in [0.1, 0.15) is 0 Å². The summed E-state index contributed by atoms with van der Waals surface area (Å²) in [6.07, 6.45) is 0.291. The lowest BCUT2D eigenvalue weighted by atomic mass is 10.5. The highest BCUT2D eigenvalue weighted by molar-refractivity contribution is 8.01. The zero-order chi connectivity index (χ0) is 11.2. The molecule has 0 aliphatic carbocycles. The molecule has 0 atom stereocenters. The van der Waals surface area contributed by atoms with Crippen molar-refractivity contribution in [1.82, 2.24) is 0 Å². The maximum atomic E-state index is 11.6. The summed E-state index contributed by atoms with van der Waals surface area (Å²) in [5, 5.41) is 0. The summed E-state index contributed by atoms with van der Waals surface area (Å²) in [5.74, 6) is -1.03. The fourth-order valence-electron chi connectivity index (χ4n) is 0.690. The number of sulfone groups is 1. The Bertz CT molecular complexity index is 250. The molecule has 0 aromatic heterocycles. The molecular formula is C6H12F3NO2S2. The van der Waals surface area contributed by atoms with E-state index in [0.29, 0.717) is 6.42 Å². The van der Waals surface area contributed by atoms with E-state index in [1.54, 1.807) is 0 Å². The zero-order valence-corrected chi connectivity index (χ0v) is 9.01. The van der Waals surface area contributed by atoms with E-state index in [-0.39, 0.29) is 24.1 Å². The van der Waals surface area contributed by atoms with Crippen molar-refractivity contribution in [2.24, 2.45) is 5.73 Å². The van der Waals surface area contributed by atoms with E-state index >= 15 is 0 Å². The van der Waals surface area contributed by atoms with Crippen LogP contribution in [0.25, 0.3) is 0 Å². The van der Waals surface area contributed by atoms with Gasteiger partial charge in [0.25, 0.3) is 0 Å². The van der Waals surface area contributed by atoms with Crippen molar-refractivity contribution in [2.75, 3.05) is 23.8 Å². The Morgan fingerprint density at radius 2 is 1.79 bits per heavy atom. The van der Waals surface area contributed by atoms with Gasteiger partial charge in [-0.15, -0.1) is 0 Å². The van der Waals surface area contributed by atoms with Crippen LogP contribution in [-0.2, 0) is 9.84 Å². The van der Waals surface area contributed by atoms with Crippen LogP contribution >= 0.6 is 11.8 Å². The molecule has 3 nitrogen and oxygen atoms in total. The van der Waals surface area contributed by atoms with Crippen molar-refractivity contribution in [2.45, 2.75) is 11.9 Å². The normalized spacial score (nSPS) is 13.1. The molecule has 14 heavy (non-hydrogen) atoms. The molecule has 2 N–H and O–H groups in total. The molecule has 0 rings (SSSR count). The smallest absolute Gasteiger partial charge is 0.330 e. The Morgan fingerprint density at radius 3 is 2.21 bits per heavy atom. The molecule has 0 spiro atoms. The first-order valence-electron chi connectivity index (χ1n) is 3.88. The molecule has 0 amide bonds. The van der Waals surface area contributed by atoms with Crippen LogP contribution in [0.15, 0.2) is 0 Å². The fourth-order valence-corrected chi connectivity index (χ4v) is 3.08. The highest BCUT2D eigenvalue weighted by Crippen LogP contribution is 2.29. The zero-order valence-electron chi connectivity index (χ0n) is 7.38. The molecule has 0 aliphatic rings. The predicted molar refractivity (Wildman–Crippen MR) is 50.8 cm³/mol. The summed E-state index contributed by atoms with van der Waals surface area (Å²) in [5.41, 5.74) is 0.726. The SMILES string of the molecule is NCCCS(=O)(=O)CCSC(F)(F)F. The lowest BCUT2D eigenvalue weighted by Crippen LogP contribution is -2.17. The summed E-state index contributed by atoms with van der Waals surface area (Å²) in [6, 6.07) is 0. The molecule has 8 heteroatoms. The first-order chi connectivity index (χ1) is 6.27. The minimum atomic E-state index is -4.36. The van der Waals surface area contributed by atoms with Gasteiger partial charge in [-0.25, -0.2) is 8.42 Å². The quantitative estimate of drug-likeness (QED) is 0.765. The van der Waals surface area contributed by atoms with Gasteiger partial charge in [-0.3, -0.25) is 0 Å². The summed E-state index contributed by atoms with van der Waals surface area (Å²) in [7, 11) is -3.37. The standard InChI is InChI=1S/C6H12F3NO2S2/c7-6(8,9)13-3-5-14(11,12)4-1-2-10/h1-5,10H2. The van der Waals surface area contributed by atoms with Crippen LogP contribution in [0.1, 0.15) is 6.42 Å². The number of hydrogen-bond donors (Lipinski definition) is 1. The van der Waals surface area contributed by atoms with E-state index in [2.05, 4.69) is 0 Å². The minimum Gasteiger partial charge on any atom is -0.330 e. The van der Waals surface area contributed by atoms with Gasteiger partial charge in [-0.05, 0) is 24.7 Å². The second-order valence-corrected chi connectivity index (χ2v) is 6.05. The Balaban J connectivity index is 3.78. The number of halogens is 3. The van der Waals surface area contributed by atoms with Crippen LogP contribution in [0.3, 0.4) is 0 Å². The number of hydrogen-bond acceptors (Lipinski definition) is 4. The van der Waals surface area contributed by atoms with Crippen LogP contribution in [-0.4, -0.2) is 37.7 Å². The van der Waals surface area contributed by atoms with E-state index in [1.165, 1.54) is 0 Å². The molecule has 86 valence electrons. The lowest BCUT2D eigenvalue weighted by Gasteiger charge is -2.05. The second-order valence-electron chi connectivity index (χ2n) is 2.59. The first-order valence-corrected chi connectivity index (χ1v) is 6.69. The molecule has 0 bridgehead atoms. The third kappa shape index (κ3) is 8.64. The maximum Gasteiger partial charge on any atom is 0.441 e. The van der Waals surface area contributed by atoms with E-state index < -0.39 is 26.9 Å². The number of alkyl halides is 3. The van der Waals surface area contributed by atoms with E-state index in [9.17, 15) is 21.6 Å². The molecule has 0 aliphatic heterocycles. The Kier molecular flexibility index (Phi) is 5.84. The maximum absolute atomic E-state index is 11.6. The second kappa shape index (κ2) is 5.82. The van der Waals surface area contributed by atoms with E-state index in [0.717, 1.165) is 0 Å². The Morgan fingerprint density at radius 1 is 1.21 bits per heavy atom. The fraction of sp³-hybridized carbons (Fsp3) is 1.00. The molecule has 0 aromatic carbocycles. The summed E-state index contributed by atoms with van der Waals surface area (Å²) in [4.78, 5) is 0. The lowest BCUT2D eigenvalue weighted by molar-refractivity contribution is -0.0326. The van der Waals surface area contributed by atoms with Crippen LogP contribution in [0.5, 0.6) is 0 Å². The highest BCUT2D eigenvalue weighted by atomic mass is 32.2. The van der Waals surface area contributed by atoms with Gasteiger partial charge < -0.3 is 5.73 Å². The molecule has 0 radical (unpaired) electrons. The van der Waals surface area contributed by atoms with Crippen molar-refractivity contribution in [3.05, 3.63) is 0 Å². The molecule has 0 aromatic rings. The van der Waals surface area contributed by atoms with Gasteiger partial charge in [0.15, 0.2) is 9.84 Å². The third-order valence-corrected chi connectivity index (χ3v) is 4.05. The molecule has 0 saturated carbocycles. The molecule has 0 fully saturated rings. The number of nitrogens with two attached hydrogens (primary N) is 1. The average molecular weight is 251 g/mol. The molecule has 0 heterocycles. The van der Waals surface area contributed by atoms with Crippen molar-refractivity contribution < 1.29 is 21.6 Å². The first kappa shape index (κ1) is 14.1. The van der Waals surface area contributed by atoms with Crippen LogP contribution in [0, 0.1) is 0 Å². The van der Waals surface area contributed by atoms with Gasteiger partial charge in [0, 0.05) is 5.75 Å². The average Bonchev–Trinajstić information content (AvgIpc) is 1.98. The van der Waals surface area contributed by atoms with Crippen molar-refractivity contribution >= 4 is 21.6 Å². The summed E-state index contributed by atoms with van der Waals surface area (Å²) in [6.45, 7) is 0.228.